The largest absolute Gasteiger partial charge is 0.361 e. The average molecular weight is 313 g/mol. The lowest BCUT2D eigenvalue weighted by atomic mass is 10.1. The SMILES string of the molecule is S=C(NCCN1CCCCC1)Nc1cccc2ccccc12. The third-order valence-electron chi connectivity index (χ3n) is 4.20. The molecule has 0 unspecified atom stereocenters. The summed E-state index contributed by atoms with van der Waals surface area (Å²) in [4.78, 5) is 2.51. The van der Waals surface area contributed by atoms with Crippen molar-refractivity contribution < 1.29 is 0 Å². The number of thiocarbonyl (C=S) groups is 1. The van der Waals surface area contributed by atoms with E-state index in [1.165, 1.54) is 43.1 Å². The summed E-state index contributed by atoms with van der Waals surface area (Å²) in [6, 6.07) is 14.6. The summed E-state index contributed by atoms with van der Waals surface area (Å²) < 4.78 is 0. The maximum Gasteiger partial charge on any atom is 0.170 e. The number of hydrogen-bond acceptors (Lipinski definition) is 2. The Bertz CT molecular complexity index is 630. The van der Waals surface area contributed by atoms with Crippen LogP contribution in [0.4, 0.5) is 5.69 Å². The molecule has 0 radical (unpaired) electrons. The Labute approximate surface area is 137 Å². The van der Waals surface area contributed by atoms with Crippen molar-refractivity contribution in [3.63, 3.8) is 0 Å². The quantitative estimate of drug-likeness (QED) is 0.843. The number of rotatable bonds is 4. The molecule has 0 atom stereocenters. The lowest BCUT2D eigenvalue weighted by Gasteiger charge is -2.26. The first-order valence-corrected chi connectivity index (χ1v) is 8.49. The van der Waals surface area contributed by atoms with Gasteiger partial charge in [0.2, 0.25) is 0 Å². The average Bonchev–Trinajstić information content (AvgIpc) is 2.56. The van der Waals surface area contributed by atoms with Gasteiger partial charge in [0.15, 0.2) is 5.11 Å². The number of fused-ring (bicyclic) bond motifs is 1. The molecule has 0 amide bonds. The molecule has 1 aliphatic rings. The Kier molecular flexibility index (Phi) is 5.24. The number of piperidine rings is 1. The van der Waals surface area contributed by atoms with Gasteiger partial charge in [0.05, 0.1) is 0 Å². The Morgan fingerprint density at radius 1 is 1.00 bits per heavy atom. The normalized spacial score (nSPS) is 15.6. The number of hydrogen-bond donors (Lipinski definition) is 2. The second-order valence-electron chi connectivity index (χ2n) is 5.81. The summed E-state index contributed by atoms with van der Waals surface area (Å²) in [7, 11) is 0. The number of nitrogens with zero attached hydrogens (tertiary/aromatic N) is 1. The van der Waals surface area contributed by atoms with E-state index in [2.05, 4.69) is 58.0 Å². The van der Waals surface area contributed by atoms with Gasteiger partial charge in [-0.15, -0.1) is 0 Å². The molecule has 1 aliphatic heterocycles. The first kappa shape index (κ1) is 15.3. The molecule has 116 valence electrons. The van der Waals surface area contributed by atoms with Gasteiger partial charge in [-0.1, -0.05) is 42.8 Å². The molecule has 3 rings (SSSR count). The van der Waals surface area contributed by atoms with Crippen LogP contribution in [0.1, 0.15) is 19.3 Å². The lowest BCUT2D eigenvalue weighted by molar-refractivity contribution is 0.232. The molecule has 0 bridgehead atoms. The molecule has 0 aliphatic carbocycles. The van der Waals surface area contributed by atoms with E-state index in [1.54, 1.807) is 0 Å². The van der Waals surface area contributed by atoms with Gasteiger partial charge in [-0.3, -0.25) is 0 Å². The molecule has 3 nitrogen and oxygen atoms in total. The fourth-order valence-corrected chi connectivity index (χ4v) is 3.22. The highest BCUT2D eigenvalue weighted by molar-refractivity contribution is 7.80. The summed E-state index contributed by atoms with van der Waals surface area (Å²) in [5, 5.41) is 9.77. The minimum Gasteiger partial charge on any atom is -0.361 e. The summed E-state index contributed by atoms with van der Waals surface area (Å²) >= 11 is 5.43. The van der Waals surface area contributed by atoms with Crippen LogP contribution in [0.25, 0.3) is 10.8 Å². The van der Waals surface area contributed by atoms with Crippen LogP contribution in [0.5, 0.6) is 0 Å². The highest BCUT2D eigenvalue weighted by Gasteiger charge is 2.09. The van der Waals surface area contributed by atoms with Crippen molar-refractivity contribution in [1.82, 2.24) is 10.2 Å². The van der Waals surface area contributed by atoms with Crippen LogP contribution >= 0.6 is 12.2 Å². The van der Waals surface area contributed by atoms with Crippen molar-refractivity contribution in [2.45, 2.75) is 19.3 Å². The van der Waals surface area contributed by atoms with Crippen molar-refractivity contribution in [1.29, 1.82) is 0 Å². The Hall–Kier alpha value is -1.65. The van der Waals surface area contributed by atoms with Gasteiger partial charge >= 0.3 is 0 Å². The highest BCUT2D eigenvalue weighted by atomic mass is 32.1. The maximum absolute atomic E-state index is 5.43. The van der Waals surface area contributed by atoms with Crippen molar-refractivity contribution in [2.75, 3.05) is 31.5 Å². The van der Waals surface area contributed by atoms with Crippen LogP contribution in [0.2, 0.25) is 0 Å². The van der Waals surface area contributed by atoms with Crippen LogP contribution in [-0.4, -0.2) is 36.2 Å². The van der Waals surface area contributed by atoms with Crippen molar-refractivity contribution in [3.8, 4) is 0 Å². The molecule has 0 spiro atoms. The van der Waals surface area contributed by atoms with E-state index in [1.807, 2.05) is 0 Å². The topological polar surface area (TPSA) is 27.3 Å². The van der Waals surface area contributed by atoms with Crippen LogP contribution in [-0.2, 0) is 0 Å². The van der Waals surface area contributed by atoms with Crippen molar-refractivity contribution >= 4 is 33.8 Å². The molecule has 1 fully saturated rings. The Morgan fingerprint density at radius 3 is 2.64 bits per heavy atom. The van der Waals surface area contributed by atoms with Crippen molar-refractivity contribution in [3.05, 3.63) is 42.5 Å². The van der Waals surface area contributed by atoms with Gasteiger partial charge in [-0.2, -0.15) is 0 Å². The molecular formula is C18H23N3S. The number of anilines is 1. The summed E-state index contributed by atoms with van der Waals surface area (Å²) in [5.41, 5.74) is 1.06. The van der Waals surface area contributed by atoms with E-state index in [4.69, 9.17) is 12.2 Å². The highest BCUT2D eigenvalue weighted by Crippen LogP contribution is 2.22. The second kappa shape index (κ2) is 7.56. The van der Waals surface area contributed by atoms with Gasteiger partial charge in [-0.25, -0.2) is 0 Å². The van der Waals surface area contributed by atoms with Gasteiger partial charge in [0.1, 0.15) is 0 Å². The summed E-state index contributed by atoms with van der Waals surface area (Å²) in [5.74, 6) is 0. The zero-order valence-corrected chi connectivity index (χ0v) is 13.7. The smallest absolute Gasteiger partial charge is 0.170 e. The minimum absolute atomic E-state index is 0.702. The lowest BCUT2D eigenvalue weighted by Crippen LogP contribution is -2.39. The monoisotopic (exact) mass is 313 g/mol. The molecule has 2 aromatic carbocycles. The third-order valence-corrected chi connectivity index (χ3v) is 4.45. The van der Waals surface area contributed by atoms with Crippen LogP contribution in [0, 0.1) is 0 Å². The fraction of sp³-hybridized carbons (Fsp3) is 0.389. The summed E-state index contributed by atoms with van der Waals surface area (Å²) in [6.45, 7) is 4.42. The molecule has 4 heteroatoms. The van der Waals surface area contributed by atoms with Crippen molar-refractivity contribution in [2.24, 2.45) is 0 Å². The number of benzene rings is 2. The molecule has 0 saturated carbocycles. The third kappa shape index (κ3) is 3.96. The molecule has 2 aromatic rings. The molecule has 1 saturated heterocycles. The predicted molar refractivity (Wildman–Crippen MR) is 98.5 cm³/mol. The molecular weight excluding hydrogens is 290 g/mol. The Morgan fingerprint density at radius 2 is 1.77 bits per heavy atom. The standard InChI is InChI=1S/C18H23N3S/c22-18(19-11-14-21-12-4-1-5-13-21)20-17-10-6-8-15-7-2-3-9-16(15)17/h2-3,6-10H,1,4-5,11-14H2,(H2,19,20,22). The fourth-order valence-electron chi connectivity index (χ4n) is 3.01. The zero-order chi connectivity index (χ0) is 15.2. The van der Waals surface area contributed by atoms with Gasteiger partial charge in [-0.05, 0) is 49.6 Å². The van der Waals surface area contributed by atoms with Crippen LogP contribution in [0.3, 0.4) is 0 Å². The van der Waals surface area contributed by atoms with Gasteiger partial charge in [0.25, 0.3) is 0 Å². The zero-order valence-electron chi connectivity index (χ0n) is 12.8. The van der Waals surface area contributed by atoms with Crippen LogP contribution < -0.4 is 10.6 Å². The number of nitrogens with one attached hydrogen (secondary N) is 2. The first-order valence-electron chi connectivity index (χ1n) is 8.08. The summed E-state index contributed by atoms with van der Waals surface area (Å²) in [6.07, 6.45) is 4.04. The molecule has 0 aromatic heterocycles. The van der Waals surface area contributed by atoms with Gasteiger partial charge < -0.3 is 15.5 Å². The van der Waals surface area contributed by atoms with Crippen LogP contribution in [0.15, 0.2) is 42.5 Å². The second-order valence-corrected chi connectivity index (χ2v) is 6.22. The van der Waals surface area contributed by atoms with Gasteiger partial charge in [0, 0.05) is 24.2 Å². The molecule has 2 N–H and O–H groups in total. The minimum atomic E-state index is 0.702. The van der Waals surface area contributed by atoms with E-state index < -0.39 is 0 Å². The van der Waals surface area contributed by atoms with E-state index in [9.17, 15) is 0 Å². The van der Waals surface area contributed by atoms with E-state index in [-0.39, 0.29) is 0 Å². The molecule has 22 heavy (non-hydrogen) atoms. The Balaban J connectivity index is 1.52. The predicted octanol–water partition coefficient (Wildman–Crippen LogP) is 3.61. The number of likely N-dealkylation sites (tertiary alicyclic amines) is 1. The van der Waals surface area contributed by atoms with E-state index in [0.29, 0.717) is 5.11 Å². The molecule has 1 heterocycles. The first-order chi connectivity index (χ1) is 10.8. The maximum atomic E-state index is 5.43. The van der Waals surface area contributed by atoms with E-state index >= 15 is 0 Å². The van der Waals surface area contributed by atoms with E-state index in [0.717, 1.165) is 18.8 Å².